The highest BCUT2D eigenvalue weighted by molar-refractivity contribution is 5.95. The number of furan rings is 1. The van der Waals surface area contributed by atoms with Crippen LogP contribution in [0.15, 0.2) is 41.0 Å². The van der Waals surface area contributed by atoms with Crippen LogP contribution in [0, 0.1) is 10.1 Å². The van der Waals surface area contributed by atoms with Crippen LogP contribution in [0.2, 0.25) is 0 Å². The lowest BCUT2D eigenvalue weighted by Gasteiger charge is -2.14. The molecule has 7 heteroatoms. The van der Waals surface area contributed by atoms with Gasteiger partial charge in [-0.3, -0.25) is 14.9 Å². The molecule has 1 aliphatic rings. The third-order valence-electron chi connectivity index (χ3n) is 4.17. The van der Waals surface area contributed by atoms with E-state index in [4.69, 9.17) is 4.42 Å². The number of hydrogen-bond acceptors (Lipinski definition) is 5. The molecule has 1 amide bonds. The predicted octanol–water partition coefficient (Wildman–Crippen LogP) is 3.51. The van der Waals surface area contributed by atoms with Crippen LogP contribution in [-0.2, 0) is 6.42 Å². The summed E-state index contributed by atoms with van der Waals surface area (Å²) in [5.41, 5.74) is 0.690. The van der Waals surface area contributed by atoms with Gasteiger partial charge in [0.2, 0.25) is 0 Å². The summed E-state index contributed by atoms with van der Waals surface area (Å²) in [7, 11) is 0. The number of rotatable bonds is 8. The summed E-state index contributed by atoms with van der Waals surface area (Å²) in [6.45, 7) is 1.90. The topological polar surface area (TPSA) is 97.4 Å². The molecule has 0 unspecified atom stereocenters. The van der Waals surface area contributed by atoms with Crippen molar-refractivity contribution >= 4 is 17.3 Å². The molecule has 0 spiro atoms. The zero-order valence-corrected chi connectivity index (χ0v) is 14.0. The van der Waals surface area contributed by atoms with Gasteiger partial charge in [0.15, 0.2) is 0 Å². The maximum Gasteiger partial charge on any atom is 0.293 e. The Morgan fingerprint density at radius 2 is 2.20 bits per heavy atom. The minimum Gasteiger partial charge on any atom is -0.469 e. The van der Waals surface area contributed by atoms with Gasteiger partial charge in [-0.25, -0.2) is 0 Å². The second-order valence-electron chi connectivity index (χ2n) is 6.40. The highest BCUT2D eigenvalue weighted by atomic mass is 16.6. The van der Waals surface area contributed by atoms with Gasteiger partial charge < -0.3 is 15.1 Å². The lowest BCUT2D eigenvalue weighted by atomic mass is 10.1. The van der Waals surface area contributed by atoms with Crippen molar-refractivity contribution in [1.29, 1.82) is 0 Å². The minimum atomic E-state index is -0.457. The number of nitrogens with one attached hydrogen (secondary N) is 2. The molecule has 0 bridgehead atoms. The van der Waals surface area contributed by atoms with Crippen molar-refractivity contribution < 1.29 is 14.1 Å². The molecule has 0 radical (unpaired) electrons. The van der Waals surface area contributed by atoms with E-state index < -0.39 is 4.92 Å². The first-order chi connectivity index (χ1) is 12.0. The third kappa shape index (κ3) is 4.59. The van der Waals surface area contributed by atoms with Crippen LogP contribution in [0.4, 0.5) is 11.4 Å². The fraction of sp³-hybridized carbons (Fsp3) is 0.389. The summed E-state index contributed by atoms with van der Waals surface area (Å²) in [5, 5.41) is 17.3. The van der Waals surface area contributed by atoms with Gasteiger partial charge in [-0.05, 0) is 50.5 Å². The van der Waals surface area contributed by atoms with Gasteiger partial charge in [0.25, 0.3) is 11.6 Å². The SMILES string of the molecule is C[C@@H](CCc1ccco1)NC(=O)c1ccc(NC2CC2)c([N+](=O)[O-])c1. The van der Waals surface area contributed by atoms with Crippen molar-refractivity contribution in [2.45, 2.75) is 44.7 Å². The number of anilines is 1. The number of amides is 1. The summed E-state index contributed by atoms with van der Waals surface area (Å²) in [5.74, 6) is 0.556. The molecular weight excluding hydrogens is 322 g/mol. The van der Waals surface area contributed by atoms with Crippen LogP contribution in [0.1, 0.15) is 42.3 Å². The molecule has 7 nitrogen and oxygen atoms in total. The monoisotopic (exact) mass is 343 g/mol. The Balaban J connectivity index is 1.62. The molecule has 2 aromatic rings. The molecule has 1 heterocycles. The van der Waals surface area contributed by atoms with Crippen molar-refractivity contribution in [2.24, 2.45) is 0 Å². The smallest absolute Gasteiger partial charge is 0.293 e. The number of benzene rings is 1. The van der Waals surface area contributed by atoms with Crippen LogP contribution in [0.25, 0.3) is 0 Å². The summed E-state index contributed by atoms with van der Waals surface area (Å²) in [6.07, 6.45) is 5.11. The molecule has 1 saturated carbocycles. The molecule has 1 aromatic heterocycles. The quantitative estimate of drug-likeness (QED) is 0.564. The van der Waals surface area contributed by atoms with Gasteiger partial charge in [0.1, 0.15) is 11.4 Å². The van der Waals surface area contributed by atoms with Gasteiger partial charge in [-0.1, -0.05) is 0 Å². The summed E-state index contributed by atoms with van der Waals surface area (Å²) < 4.78 is 5.27. The molecule has 132 valence electrons. The molecule has 0 aliphatic heterocycles. The van der Waals surface area contributed by atoms with Gasteiger partial charge in [0.05, 0.1) is 11.2 Å². The molecule has 0 saturated heterocycles. The van der Waals surface area contributed by atoms with E-state index in [1.54, 1.807) is 18.4 Å². The van der Waals surface area contributed by atoms with Crippen molar-refractivity contribution in [3.63, 3.8) is 0 Å². The van der Waals surface area contributed by atoms with Crippen molar-refractivity contribution in [1.82, 2.24) is 5.32 Å². The van der Waals surface area contributed by atoms with Crippen LogP contribution < -0.4 is 10.6 Å². The van der Waals surface area contributed by atoms with Crippen LogP contribution >= 0.6 is 0 Å². The Bertz CT molecular complexity index is 754. The first-order valence-corrected chi connectivity index (χ1v) is 8.41. The summed E-state index contributed by atoms with van der Waals surface area (Å²) in [6, 6.07) is 8.52. The third-order valence-corrected chi connectivity index (χ3v) is 4.17. The highest BCUT2D eigenvalue weighted by Crippen LogP contribution is 2.31. The molecule has 1 fully saturated rings. The van der Waals surface area contributed by atoms with Crippen LogP contribution in [0.5, 0.6) is 0 Å². The largest absolute Gasteiger partial charge is 0.469 e. The predicted molar refractivity (Wildman–Crippen MR) is 93.7 cm³/mol. The van der Waals surface area contributed by atoms with E-state index in [0.717, 1.165) is 31.4 Å². The lowest BCUT2D eigenvalue weighted by Crippen LogP contribution is -2.32. The zero-order valence-electron chi connectivity index (χ0n) is 14.0. The van der Waals surface area contributed by atoms with Gasteiger partial charge in [-0.2, -0.15) is 0 Å². The number of nitro benzene ring substituents is 1. The second-order valence-corrected chi connectivity index (χ2v) is 6.40. The molecule has 2 N–H and O–H groups in total. The number of nitrogens with zero attached hydrogens (tertiary/aromatic N) is 1. The zero-order chi connectivity index (χ0) is 17.8. The Kier molecular flexibility index (Phi) is 5.02. The molecule has 1 aromatic carbocycles. The Morgan fingerprint density at radius 1 is 1.40 bits per heavy atom. The van der Waals surface area contributed by atoms with Crippen molar-refractivity contribution in [3.05, 3.63) is 58.0 Å². The highest BCUT2D eigenvalue weighted by Gasteiger charge is 2.25. The number of nitro groups is 1. The average Bonchev–Trinajstić information content (AvgIpc) is 3.24. The standard InChI is InChI=1S/C18H21N3O4/c1-12(4-8-15-3-2-10-25-15)19-18(22)13-5-9-16(20-14-6-7-14)17(11-13)21(23)24/h2-3,5,9-12,14,20H,4,6-8H2,1H3,(H,19,22)/t12-/m0/s1. The number of carbonyl (C=O) groups is 1. The van der Waals surface area contributed by atoms with E-state index in [2.05, 4.69) is 10.6 Å². The van der Waals surface area contributed by atoms with Crippen LogP contribution in [0.3, 0.4) is 0 Å². The first-order valence-electron chi connectivity index (χ1n) is 8.41. The average molecular weight is 343 g/mol. The van der Waals surface area contributed by atoms with Crippen molar-refractivity contribution in [3.8, 4) is 0 Å². The lowest BCUT2D eigenvalue weighted by molar-refractivity contribution is -0.384. The molecular formula is C18H21N3O4. The Morgan fingerprint density at radius 3 is 2.84 bits per heavy atom. The van der Waals surface area contributed by atoms with E-state index >= 15 is 0 Å². The van der Waals surface area contributed by atoms with E-state index in [9.17, 15) is 14.9 Å². The number of aryl methyl sites for hydroxylation is 1. The minimum absolute atomic E-state index is 0.0669. The van der Waals surface area contributed by atoms with Gasteiger partial charge >= 0.3 is 0 Å². The van der Waals surface area contributed by atoms with E-state index in [0.29, 0.717) is 11.7 Å². The second kappa shape index (κ2) is 7.38. The fourth-order valence-electron chi connectivity index (χ4n) is 2.59. The molecule has 1 atom stereocenters. The molecule has 1 aliphatic carbocycles. The molecule has 25 heavy (non-hydrogen) atoms. The van der Waals surface area contributed by atoms with Gasteiger partial charge in [-0.15, -0.1) is 0 Å². The number of hydrogen-bond donors (Lipinski definition) is 2. The van der Waals surface area contributed by atoms with Gasteiger partial charge in [0, 0.05) is 30.1 Å². The van der Waals surface area contributed by atoms with Crippen LogP contribution in [-0.4, -0.2) is 22.9 Å². The van der Waals surface area contributed by atoms with E-state index in [1.165, 1.54) is 6.07 Å². The number of carbonyl (C=O) groups excluding carboxylic acids is 1. The Hall–Kier alpha value is -2.83. The summed E-state index contributed by atoms with van der Waals surface area (Å²) >= 11 is 0. The Labute approximate surface area is 145 Å². The normalized spacial score (nSPS) is 14.8. The maximum absolute atomic E-state index is 12.4. The molecule has 3 rings (SSSR count). The fourth-order valence-corrected chi connectivity index (χ4v) is 2.59. The van der Waals surface area contributed by atoms with Crippen molar-refractivity contribution in [2.75, 3.05) is 5.32 Å². The van der Waals surface area contributed by atoms with E-state index in [-0.39, 0.29) is 23.2 Å². The first kappa shape index (κ1) is 17.0. The summed E-state index contributed by atoms with van der Waals surface area (Å²) in [4.78, 5) is 23.2. The maximum atomic E-state index is 12.4. The van der Waals surface area contributed by atoms with E-state index in [1.807, 2.05) is 19.1 Å².